The van der Waals surface area contributed by atoms with Gasteiger partial charge in [0.05, 0.1) is 30.0 Å². The Balaban J connectivity index is 1.74. The number of halogens is 1. The number of carbonyl (C=O) groups excluding carboxylic acids is 1. The summed E-state index contributed by atoms with van der Waals surface area (Å²) in [5, 5.41) is 7.98. The second-order valence-corrected chi connectivity index (χ2v) is 7.97. The molecule has 0 fully saturated rings. The van der Waals surface area contributed by atoms with Gasteiger partial charge >= 0.3 is 0 Å². The van der Waals surface area contributed by atoms with E-state index in [-0.39, 0.29) is 5.91 Å². The Bertz CT molecular complexity index is 1050. The van der Waals surface area contributed by atoms with E-state index in [1.54, 1.807) is 36.1 Å². The van der Waals surface area contributed by atoms with Gasteiger partial charge in [-0.1, -0.05) is 17.7 Å². The molecule has 1 aromatic heterocycles. The van der Waals surface area contributed by atoms with E-state index >= 15 is 0 Å². The number of benzene rings is 2. The number of aromatic nitrogens is 2. The van der Waals surface area contributed by atoms with Gasteiger partial charge in [0.2, 0.25) is 0 Å². The molecule has 6 nitrogen and oxygen atoms in total. The largest absolute Gasteiger partial charge is 0.497 e. The van der Waals surface area contributed by atoms with Crippen molar-refractivity contribution in [2.45, 2.75) is 11.5 Å². The van der Waals surface area contributed by atoms with Crippen LogP contribution in [0.2, 0.25) is 5.02 Å². The smallest absolute Gasteiger partial charge is 0.256 e. The highest BCUT2D eigenvalue weighted by Gasteiger charge is 2.28. The first-order chi connectivity index (χ1) is 13.0. The maximum absolute atomic E-state index is 12.7. The maximum Gasteiger partial charge on any atom is 0.256 e. The van der Waals surface area contributed by atoms with E-state index < -0.39 is 10.8 Å². The molecule has 8 heteroatoms. The van der Waals surface area contributed by atoms with Crippen molar-refractivity contribution in [1.29, 1.82) is 0 Å². The van der Waals surface area contributed by atoms with Crippen molar-refractivity contribution < 1.29 is 13.7 Å². The lowest BCUT2D eigenvalue weighted by molar-refractivity contribution is 0.102. The SMILES string of the molecule is COc1ccc(-n2nc3c(c2NC(=O)c2cccc(Cl)c2)C[S@](=O)C3)cc1. The molecule has 3 aromatic rings. The van der Waals surface area contributed by atoms with Gasteiger partial charge in [-0.2, -0.15) is 5.10 Å². The van der Waals surface area contributed by atoms with Gasteiger partial charge < -0.3 is 10.1 Å². The van der Waals surface area contributed by atoms with Crippen molar-refractivity contribution >= 4 is 34.1 Å². The summed E-state index contributed by atoms with van der Waals surface area (Å²) in [6.07, 6.45) is 0. The van der Waals surface area contributed by atoms with Crippen LogP contribution in [0.3, 0.4) is 0 Å². The van der Waals surface area contributed by atoms with E-state index in [4.69, 9.17) is 16.3 Å². The third-order valence-corrected chi connectivity index (χ3v) is 5.75. The van der Waals surface area contributed by atoms with Crippen molar-refractivity contribution in [1.82, 2.24) is 9.78 Å². The van der Waals surface area contributed by atoms with Crippen LogP contribution in [0, 0.1) is 0 Å². The van der Waals surface area contributed by atoms with Crippen LogP contribution in [0.1, 0.15) is 21.6 Å². The van der Waals surface area contributed by atoms with Crippen LogP contribution in [0.5, 0.6) is 5.75 Å². The summed E-state index contributed by atoms with van der Waals surface area (Å²) in [6.45, 7) is 0. The zero-order chi connectivity index (χ0) is 19.0. The minimum atomic E-state index is -0.999. The van der Waals surface area contributed by atoms with E-state index in [1.165, 1.54) is 0 Å². The highest BCUT2D eigenvalue weighted by Crippen LogP contribution is 2.32. The molecule has 0 bridgehead atoms. The zero-order valence-electron chi connectivity index (χ0n) is 14.4. The van der Waals surface area contributed by atoms with Crippen molar-refractivity contribution in [3.05, 3.63) is 70.4 Å². The first kappa shape index (κ1) is 17.8. The number of methoxy groups -OCH3 is 1. The monoisotopic (exact) mass is 401 g/mol. The van der Waals surface area contributed by atoms with Crippen LogP contribution in [-0.4, -0.2) is 27.0 Å². The van der Waals surface area contributed by atoms with Gasteiger partial charge in [-0.05, 0) is 42.5 Å². The lowest BCUT2D eigenvalue weighted by atomic mass is 10.2. The Morgan fingerprint density at radius 3 is 2.70 bits per heavy atom. The second-order valence-electron chi connectivity index (χ2n) is 6.08. The predicted molar refractivity (Wildman–Crippen MR) is 105 cm³/mol. The third kappa shape index (κ3) is 3.48. The average Bonchev–Trinajstić information content (AvgIpc) is 3.19. The molecule has 0 unspecified atom stereocenters. The quantitative estimate of drug-likeness (QED) is 0.725. The van der Waals surface area contributed by atoms with Gasteiger partial charge in [0, 0.05) is 26.9 Å². The minimum Gasteiger partial charge on any atom is -0.497 e. The fourth-order valence-corrected chi connectivity index (χ4v) is 4.43. The Morgan fingerprint density at radius 1 is 1.22 bits per heavy atom. The topological polar surface area (TPSA) is 73.2 Å². The van der Waals surface area contributed by atoms with Gasteiger partial charge in [0.25, 0.3) is 5.91 Å². The highest BCUT2D eigenvalue weighted by atomic mass is 35.5. The van der Waals surface area contributed by atoms with Crippen molar-refractivity contribution in [2.24, 2.45) is 0 Å². The summed E-state index contributed by atoms with van der Waals surface area (Å²) in [5.74, 6) is 1.72. The number of amides is 1. The van der Waals surface area contributed by atoms with E-state index in [0.717, 1.165) is 22.7 Å². The summed E-state index contributed by atoms with van der Waals surface area (Å²) in [5.41, 5.74) is 2.76. The van der Waals surface area contributed by atoms with Crippen LogP contribution in [0.15, 0.2) is 48.5 Å². The number of hydrogen-bond acceptors (Lipinski definition) is 4. The Hall–Kier alpha value is -2.64. The maximum atomic E-state index is 12.7. The van der Waals surface area contributed by atoms with Crippen molar-refractivity contribution in [3.63, 3.8) is 0 Å². The predicted octanol–water partition coefficient (Wildman–Crippen LogP) is 3.55. The van der Waals surface area contributed by atoms with E-state index in [1.807, 2.05) is 24.3 Å². The summed E-state index contributed by atoms with van der Waals surface area (Å²) in [7, 11) is 0.601. The standard InChI is InChI=1S/C19H16ClN3O3S/c1-26-15-7-5-14(6-8-15)23-18(16-10-27(25)11-17(16)22-23)21-19(24)12-3-2-4-13(20)9-12/h2-9H,10-11H2,1H3,(H,21,24)/t27-/m0/s1. The number of rotatable bonds is 4. The van der Waals surface area contributed by atoms with E-state index in [9.17, 15) is 9.00 Å². The molecule has 0 radical (unpaired) electrons. The summed E-state index contributed by atoms with van der Waals surface area (Å²) >= 11 is 5.99. The van der Waals surface area contributed by atoms with Gasteiger partial charge in [0.1, 0.15) is 11.6 Å². The van der Waals surface area contributed by atoms with Gasteiger partial charge in [-0.25, -0.2) is 4.68 Å². The molecule has 1 aliphatic rings. The summed E-state index contributed by atoms with van der Waals surface area (Å²) < 4.78 is 18.8. The number of nitrogens with zero attached hydrogens (tertiary/aromatic N) is 2. The van der Waals surface area contributed by atoms with Crippen LogP contribution in [0.25, 0.3) is 5.69 Å². The van der Waals surface area contributed by atoms with Crippen molar-refractivity contribution in [3.8, 4) is 11.4 Å². The van der Waals surface area contributed by atoms with E-state index in [0.29, 0.717) is 27.9 Å². The Labute approximate surface area is 163 Å². The van der Waals surface area contributed by atoms with E-state index in [2.05, 4.69) is 10.4 Å². The molecule has 0 saturated carbocycles. The van der Waals surface area contributed by atoms with Gasteiger partial charge in [-0.3, -0.25) is 9.00 Å². The number of nitrogens with one attached hydrogen (secondary N) is 1. The molecular formula is C19H16ClN3O3S. The Kier molecular flexibility index (Phi) is 4.72. The Morgan fingerprint density at radius 2 is 2.00 bits per heavy atom. The molecule has 138 valence electrons. The van der Waals surface area contributed by atoms with Crippen molar-refractivity contribution in [2.75, 3.05) is 12.4 Å². The zero-order valence-corrected chi connectivity index (χ0v) is 16.0. The average molecular weight is 402 g/mol. The summed E-state index contributed by atoms with van der Waals surface area (Å²) in [6, 6.07) is 14.1. The molecule has 0 aliphatic carbocycles. The molecule has 0 spiro atoms. The molecule has 1 amide bonds. The molecule has 0 saturated heterocycles. The molecule has 1 aliphatic heterocycles. The third-order valence-electron chi connectivity index (χ3n) is 4.31. The second kappa shape index (κ2) is 7.17. The van der Waals surface area contributed by atoms with Gasteiger partial charge in [-0.15, -0.1) is 0 Å². The lowest BCUT2D eigenvalue weighted by Crippen LogP contribution is -2.16. The molecule has 1 N–H and O–H groups in total. The van der Waals surface area contributed by atoms with Crippen LogP contribution in [-0.2, 0) is 22.3 Å². The molecule has 4 rings (SSSR count). The first-order valence-electron chi connectivity index (χ1n) is 8.22. The first-order valence-corrected chi connectivity index (χ1v) is 10.1. The van der Waals surface area contributed by atoms with Crippen LogP contribution >= 0.6 is 11.6 Å². The number of carbonyl (C=O) groups is 1. The molecule has 2 heterocycles. The lowest BCUT2D eigenvalue weighted by Gasteiger charge is -2.12. The normalized spacial score (nSPS) is 15.4. The summed E-state index contributed by atoms with van der Waals surface area (Å²) in [4.78, 5) is 12.7. The highest BCUT2D eigenvalue weighted by molar-refractivity contribution is 7.83. The molecular weight excluding hydrogens is 386 g/mol. The van der Waals surface area contributed by atoms with Crippen LogP contribution < -0.4 is 10.1 Å². The fraction of sp³-hybridized carbons (Fsp3) is 0.158. The minimum absolute atomic E-state index is 0.298. The number of hydrogen-bond donors (Lipinski definition) is 1. The number of ether oxygens (including phenoxy) is 1. The van der Waals surface area contributed by atoms with Crippen LogP contribution in [0.4, 0.5) is 5.82 Å². The molecule has 2 aromatic carbocycles. The molecule has 27 heavy (non-hydrogen) atoms. The van der Waals surface area contributed by atoms with Gasteiger partial charge in [0.15, 0.2) is 0 Å². The number of anilines is 1. The number of fused-ring (bicyclic) bond motifs is 1. The molecule has 1 atom stereocenters. The fourth-order valence-electron chi connectivity index (χ4n) is 2.98.